The fourth-order valence-electron chi connectivity index (χ4n) is 1.43. The van der Waals surface area contributed by atoms with Crippen LogP contribution in [-0.4, -0.2) is 28.8 Å². The number of aryl methyl sites for hydroxylation is 1. The lowest BCUT2D eigenvalue weighted by Gasteiger charge is -2.04. The van der Waals surface area contributed by atoms with Crippen molar-refractivity contribution in [1.29, 1.82) is 0 Å². The van der Waals surface area contributed by atoms with E-state index < -0.39 is 0 Å². The average molecular weight is 213 g/mol. The molecule has 1 aromatic heterocycles. The van der Waals surface area contributed by atoms with Gasteiger partial charge >= 0.3 is 0 Å². The minimum absolute atomic E-state index is 0.911. The van der Waals surface area contributed by atoms with Crippen molar-refractivity contribution in [3.05, 3.63) is 17.5 Å². The molecular weight excluding hydrogens is 194 g/mol. The lowest BCUT2D eigenvalue weighted by molar-refractivity contribution is 0.589. The van der Waals surface area contributed by atoms with E-state index in [0.29, 0.717) is 0 Å². The monoisotopic (exact) mass is 213 g/mol. The third kappa shape index (κ3) is 3.03. The van der Waals surface area contributed by atoms with Crippen LogP contribution < -0.4 is 5.32 Å². The van der Waals surface area contributed by atoms with Crippen LogP contribution in [-0.2, 0) is 13.1 Å². The van der Waals surface area contributed by atoms with Crippen LogP contribution in [0.15, 0.2) is 6.20 Å². The molecule has 0 aliphatic heterocycles. The van der Waals surface area contributed by atoms with E-state index in [9.17, 15) is 0 Å². The first kappa shape index (κ1) is 11.6. The lowest BCUT2D eigenvalue weighted by Crippen LogP contribution is -2.07. The highest BCUT2D eigenvalue weighted by Crippen LogP contribution is 2.08. The highest BCUT2D eigenvalue weighted by atomic mass is 32.2. The first-order chi connectivity index (χ1) is 6.79. The number of hydrogen-bond acceptors (Lipinski definition) is 3. The second-order valence-corrected chi connectivity index (χ2v) is 4.34. The van der Waals surface area contributed by atoms with Gasteiger partial charge in [0.1, 0.15) is 0 Å². The van der Waals surface area contributed by atoms with Crippen LogP contribution in [0.4, 0.5) is 0 Å². The van der Waals surface area contributed by atoms with E-state index in [0.717, 1.165) is 13.1 Å². The molecule has 0 unspecified atom stereocenters. The van der Waals surface area contributed by atoms with Gasteiger partial charge < -0.3 is 5.32 Å². The molecule has 0 atom stereocenters. The Labute approximate surface area is 90.3 Å². The van der Waals surface area contributed by atoms with Gasteiger partial charge in [-0.15, -0.1) is 0 Å². The first-order valence-electron chi connectivity index (χ1n) is 4.94. The summed E-state index contributed by atoms with van der Waals surface area (Å²) in [7, 11) is 1.96. The molecule has 1 aromatic rings. The second-order valence-electron chi connectivity index (χ2n) is 3.36. The Kier molecular flexibility index (Phi) is 5.04. The van der Waals surface area contributed by atoms with Gasteiger partial charge in [0.2, 0.25) is 0 Å². The Hall–Kier alpha value is -0.480. The van der Waals surface area contributed by atoms with Gasteiger partial charge in [-0.2, -0.15) is 16.9 Å². The molecule has 0 saturated carbocycles. The quantitative estimate of drug-likeness (QED) is 0.729. The number of nitrogens with zero attached hydrogens (tertiary/aromatic N) is 2. The third-order valence-corrected chi connectivity index (χ3v) is 2.99. The van der Waals surface area contributed by atoms with Crippen LogP contribution in [0.3, 0.4) is 0 Å². The molecule has 0 aromatic carbocycles. The third-order valence-electron chi connectivity index (χ3n) is 2.29. The number of nitrogens with one attached hydrogen (secondary N) is 1. The molecular formula is C10H19N3S. The zero-order valence-electron chi connectivity index (χ0n) is 9.21. The van der Waals surface area contributed by atoms with Crippen molar-refractivity contribution < 1.29 is 0 Å². The van der Waals surface area contributed by atoms with Crippen LogP contribution in [0.2, 0.25) is 0 Å². The van der Waals surface area contributed by atoms with Crippen molar-refractivity contribution in [1.82, 2.24) is 15.1 Å². The molecule has 1 rings (SSSR count). The minimum Gasteiger partial charge on any atom is -0.316 e. The number of hydrogen-bond donors (Lipinski definition) is 1. The van der Waals surface area contributed by atoms with Gasteiger partial charge in [0.25, 0.3) is 0 Å². The summed E-state index contributed by atoms with van der Waals surface area (Å²) in [6.45, 7) is 4.09. The second kappa shape index (κ2) is 6.09. The van der Waals surface area contributed by atoms with E-state index in [1.54, 1.807) is 0 Å². The van der Waals surface area contributed by atoms with Gasteiger partial charge in [0.05, 0.1) is 6.20 Å². The van der Waals surface area contributed by atoms with Gasteiger partial charge in [-0.1, -0.05) is 0 Å². The van der Waals surface area contributed by atoms with Gasteiger partial charge in [-0.05, 0) is 32.4 Å². The van der Waals surface area contributed by atoms with Gasteiger partial charge in [0, 0.05) is 24.3 Å². The summed E-state index contributed by atoms with van der Waals surface area (Å²) >= 11 is 1.89. The molecule has 0 saturated heterocycles. The minimum atomic E-state index is 0.911. The van der Waals surface area contributed by atoms with Crippen molar-refractivity contribution in [2.45, 2.75) is 26.4 Å². The van der Waals surface area contributed by atoms with E-state index in [1.807, 2.05) is 25.0 Å². The van der Waals surface area contributed by atoms with Crippen LogP contribution >= 0.6 is 11.8 Å². The van der Waals surface area contributed by atoms with Gasteiger partial charge in [-0.25, -0.2) is 0 Å². The summed E-state index contributed by atoms with van der Waals surface area (Å²) < 4.78 is 2.10. The summed E-state index contributed by atoms with van der Waals surface area (Å²) in [6.07, 6.45) is 5.30. The Bertz CT molecular complexity index is 270. The Morgan fingerprint density at radius 2 is 2.36 bits per heavy atom. The largest absolute Gasteiger partial charge is 0.316 e. The molecule has 0 radical (unpaired) electrons. The normalized spacial score (nSPS) is 10.8. The van der Waals surface area contributed by atoms with Crippen LogP contribution in [0.5, 0.6) is 0 Å². The Morgan fingerprint density at radius 3 is 3.00 bits per heavy atom. The fourth-order valence-corrected chi connectivity index (χ4v) is 1.85. The highest BCUT2D eigenvalue weighted by Gasteiger charge is 2.04. The maximum Gasteiger partial charge on any atom is 0.0537 e. The summed E-state index contributed by atoms with van der Waals surface area (Å²) in [5.41, 5.74) is 2.59. The van der Waals surface area contributed by atoms with Crippen molar-refractivity contribution >= 4 is 11.8 Å². The summed E-state index contributed by atoms with van der Waals surface area (Å²) in [4.78, 5) is 0. The number of aromatic nitrogens is 2. The lowest BCUT2D eigenvalue weighted by atomic mass is 10.2. The molecule has 4 heteroatoms. The van der Waals surface area contributed by atoms with Crippen molar-refractivity contribution in [3.8, 4) is 0 Å². The van der Waals surface area contributed by atoms with Gasteiger partial charge in [-0.3, -0.25) is 4.68 Å². The molecule has 3 nitrogen and oxygen atoms in total. The molecule has 0 spiro atoms. The maximum atomic E-state index is 4.37. The highest BCUT2D eigenvalue weighted by molar-refractivity contribution is 7.98. The molecule has 14 heavy (non-hydrogen) atoms. The molecule has 1 heterocycles. The molecule has 0 fully saturated rings. The smallest absolute Gasteiger partial charge is 0.0537 e. The van der Waals surface area contributed by atoms with Gasteiger partial charge in [0.15, 0.2) is 0 Å². The van der Waals surface area contributed by atoms with E-state index in [1.165, 1.54) is 23.4 Å². The van der Waals surface area contributed by atoms with Crippen LogP contribution in [0.1, 0.15) is 17.7 Å². The zero-order valence-corrected chi connectivity index (χ0v) is 10.0. The molecule has 0 amide bonds. The van der Waals surface area contributed by atoms with E-state index in [4.69, 9.17) is 0 Å². The Morgan fingerprint density at radius 1 is 1.57 bits per heavy atom. The van der Waals surface area contributed by atoms with E-state index in [-0.39, 0.29) is 0 Å². The summed E-state index contributed by atoms with van der Waals surface area (Å²) in [5.74, 6) is 1.21. The predicted molar refractivity (Wildman–Crippen MR) is 62.7 cm³/mol. The first-order valence-corrected chi connectivity index (χ1v) is 6.33. The topological polar surface area (TPSA) is 29.9 Å². The SMILES string of the molecule is CNCc1cnn(CCCSC)c1C. The van der Waals surface area contributed by atoms with Crippen molar-refractivity contribution in [2.24, 2.45) is 0 Å². The van der Waals surface area contributed by atoms with Crippen LogP contribution in [0, 0.1) is 6.92 Å². The van der Waals surface area contributed by atoms with Crippen molar-refractivity contribution in [3.63, 3.8) is 0 Å². The summed E-state index contributed by atoms with van der Waals surface area (Å²) in [5, 5.41) is 7.52. The Balaban J connectivity index is 2.51. The molecule has 0 bridgehead atoms. The fraction of sp³-hybridized carbons (Fsp3) is 0.700. The zero-order chi connectivity index (χ0) is 10.4. The predicted octanol–water partition coefficient (Wildman–Crippen LogP) is 1.66. The molecule has 0 aliphatic rings. The maximum absolute atomic E-state index is 4.37. The van der Waals surface area contributed by atoms with E-state index in [2.05, 4.69) is 28.3 Å². The van der Waals surface area contributed by atoms with E-state index >= 15 is 0 Å². The molecule has 80 valence electrons. The number of thioether (sulfide) groups is 1. The van der Waals surface area contributed by atoms with Crippen molar-refractivity contribution in [2.75, 3.05) is 19.1 Å². The molecule has 1 N–H and O–H groups in total. The average Bonchev–Trinajstić information content (AvgIpc) is 2.51. The number of rotatable bonds is 6. The standard InChI is InChI=1S/C10H19N3S/c1-9-10(7-11-2)8-12-13(9)5-4-6-14-3/h8,11H,4-7H2,1-3H3. The summed E-state index contributed by atoms with van der Waals surface area (Å²) in [6, 6.07) is 0. The van der Waals surface area contributed by atoms with Crippen LogP contribution in [0.25, 0.3) is 0 Å². The molecule has 0 aliphatic carbocycles.